The van der Waals surface area contributed by atoms with Crippen LogP contribution in [-0.4, -0.2) is 19.4 Å². The van der Waals surface area contributed by atoms with Gasteiger partial charge in [-0.15, -0.1) is 0 Å². The molecule has 0 aliphatic heterocycles. The van der Waals surface area contributed by atoms with E-state index in [4.69, 9.17) is 14.2 Å². The highest BCUT2D eigenvalue weighted by Crippen LogP contribution is 2.32. The van der Waals surface area contributed by atoms with Crippen LogP contribution >= 0.6 is 0 Å². The molecule has 0 bridgehead atoms. The third-order valence-corrected chi connectivity index (χ3v) is 7.47. The first kappa shape index (κ1) is 30.4. The molecule has 1 saturated carbocycles. The maximum Gasteiger partial charge on any atom is 0.330 e. The van der Waals surface area contributed by atoms with Gasteiger partial charge in [-0.25, -0.2) is 4.79 Å². The Labute approximate surface area is 250 Å². The summed E-state index contributed by atoms with van der Waals surface area (Å²) in [5.41, 5.74) is 6.29. The van der Waals surface area contributed by atoms with Gasteiger partial charge < -0.3 is 14.2 Å². The fourth-order valence-electron chi connectivity index (χ4n) is 4.94. The van der Waals surface area contributed by atoms with Crippen molar-refractivity contribution in [3.8, 4) is 23.7 Å². The molecule has 0 atom stereocenters. The number of carbonyl (C=O) groups excluding carboxylic acids is 1. The second-order valence-electron chi connectivity index (χ2n) is 10.5. The first-order valence-corrected chi connectivity index (χ1v) is 14.5. The van der Waals surface area contributed by atoms with Crippen molar-refractivity contribution in [1.29, 1.82) is 0 Å². The Morgan fingerprint density at radius 2 is 1.19 bits per heavy atom. The van der Waals surface area contributed by atoms with Crippen molar-refractivity contribution in [2.45, 2.75) is 45.1 Å². The fourth-order valence-corrected chi connectivity index (χ4v) is 4.94. The predicted molar refractivity (Wildman–Crippen MR) is 167 cm³/mol. The molecule has 0 unspecified atom stereocenters. The van der Waals surface area contributed by atoms with E-state index in [9.17, 15) is 4.79 Å². The van der Waals surface area contributed by atoms with E-state index in [2.05, 4.69) is 61.1 Å². The molecule has 4 rings (SSSR count). The smallest absolute Gasteiger partial charge is 0.330 e. The van der Waals surface area contributed by atoms with Gasteiger partial charge in [-0.1, -0.05) is 73.9 Å². The van der Waals surface area contributed by atoms with E-state index < -0.39 is 0 Å². The summed E-state index contributed by atoms with van der Waals surface area (Å²) in [4.78, 5) is 11.3. The predicted octanol–water partition coefficient (Wildman–Crippen LogP) is 7.59. The van der Waals surface area contributed by atoms with Crippen LogP contribution in [0.4, 0.5) is 0 Å². The van der Waals surface area contributed by atoms with Gasteiger partial charge in [0.05, 0.1) is 19.5 Å². The number of aryl methyl sites for hydroxylation is 1. The van der Waals surface area contributed by atoms with E-state index in [1.54, 1.807) is 0 Å². The highest BCUT2D eigenvalue weighted by atomic mass is 16.7. The van der Waals surface area contributed by atoms with Crippen molar-refractivity contribution < 1.29 is 19.0 Å². The van der Waals surface area contributed by atoms with Gasteiger partial charge in [0.25, 0.3) is 0 Å². The van der Waals surface area contributed by atoms with Crippen LogP contribution in [0, 0.1) is 35.5 Å². The SMILES string of the molecule is C=COCOCc1ccc(C#Cc2ccc(C#Cc3ccc(CCC4CCC(COC(=O)C=C)CC4)cc3)cc2)cc1. The van der Waals surface area contributed by atoms with Gasteiger partial charge in [-0.05, 0) is 97.2 Å². The highest BCUT2D eigenvalue weighted by Gasteiger charge is 2.21. The number of hydrogen-bond acceptors (Lipinski definition) is 4. The second-order valence-corrected chi connectivity index (χ2v) is 10.5. The Morgan fingerprint density at radius 1 is 0.714 bits per heavy atom. The molecule has 214 valence electrons. The van der Waals surface area contributed by atoms with E-state index in [0.717, 1.165) is 53.0 Å². The molecule has 0 heterocycles. The molecular formula is C38H38O4. The van der Waals surface area contributed by atoms with Crippen LogP contribution in [0.5, 0.6) is 0 Å². The standard InChI is InChI=1S/C38H38O4/c1-3-38(39)42-28-37-25-21-35(22-26-37)18-16-33-13-9-31(10-14-33)6-5-30-7-11-32(12-8-30)15-17-34-19-23-36(24-20-34)27-41-29-40-4-2/h3-4,7-14,19-20,23-24,35,37H,1-2,16,18,21-22,25-29H2. The molecule has 3 aromatic carbocycles. The summed E-state index contributed by atoms with van der Waals surface area (Å²) in [6, 6.07) is 24.6. The number of benzene rings is 3. The number of carbonyl (C=O) groups is 1. The van der Waals surface area contributed by atoms with Crippen LogP contribution in [0.1, 0.15) is 65.5 Å². The minimum atomic E-state index is -0.318. The lowest BCUT2D eigenvalue weighted by molar-refractivity contribution is -0.139. The summed E-state index contributed by atoms with van der Waals surface area (Å²) in [5, 5.41) is 0. The summed E-state index contributed by atoms with van der Waals surface area (Å²) in [5.74, 6) is 13.9. The summed E-state index contributed by atoms with van der Waals surface area (Å²) in [6.07, 6.45) is 9.57. The third kappa shape index (κ3) is 10.5. The Morgan fingerprint density at radius 3 is 1.69 bits per heavy atom. The van der Waals surface area contributed by atoms with E-state index in [0.29, 0.717) is 19.1 Å². The van der Waals surface area contributed by atoms with E-state index in [1.807, 2.05) is 48.5 Å². The van der Waals surface area contributed by atoms with Crippen molar-refractivity contribution >= 4 is 5.97 Å². The Bertz CT molecular complexity index is 1420. The van der Waals surface area contributed by atoms with Gasteiger partial charge in [0, 0.05) is 28.3 Å². The Hall–Kier alpha value is -4.51. The minimum Gasteiger partial charge on any atom is -0.476 e. The zero-order valence-corrected chi connectivity index (χ0v) is 24.1. The molecule has 0 amide bonds. The van der Waals surface area contributed by atoms with Crippen molar-refractivity contribution in [1.82, 2.24) is 0 Å². The molecule has 1 fully saturated rings. The van der Waals surface area contributed by atoms with Crippen molar-refractivity contribution in [2.75, 3.05) is 13.4 Å². The normalized spacial score (nSPS) is 15.7. The molecule has 0 aromatic heterocycles. The van der Waals surface area contributed by atoms with Crippen molar-refractivity contribution in [3.05, 3.63) is 132 Å². The number of rotatable bonds is 11. The lowest BCUT2D eigenvalue weighted by Gasteiger charge is -2.28. The van der Waals surface area contributed by atoms with Crippen LogP contribution in [-0.2, 0) is 32.0 Å². The molecular weight excluding hydrogens is 520 g/mol. The van der Waals surface area contributed by atoms with Crippen molar-refractivity contribution in [2.24, 2.45) is 11.8 Å². The molecule has 1 aliphatic carbocycles. The zero-order chi connectivity index (χ0) is 29.4. The third-order valence-electron chi connectivity index (χ3n) is 7.47. The summed E-state index contributed by atoms with van der Waals surface area (Å²) in [7, 11) is 0. The molecule has 1 aliphatic rings. The Kier molecular flexibility index (Phi) is 12.1. The molecule has 42 heavy (non-hydrogen) atoms. The van der Waals surface area contributed by atoms with Gasteiger partial charge >= 0.3 is 5.97 Å². The maximum atomic E-state index is 11.3. The molecule has 0 N–H and O–H groups in total. The Balaban J connectivity index is 1.20. The average Bonchev–Trinajstić information content (AvgIpc) is 3.04. The van der Waals surface area contributed by atoms with Gasteiger partial charge in [-0.2, -0.15) is 0 Å². The lowest BCUT2D eigenvalue weighted by atomic mass is 9.80. The molecule has 0 saturated heterocycles. The van der Waals surface area contributed by atoms with Gasteiger partial charge in [0.15, 0.2) is 6.79 Å². The van der Waals surface area contributed by atoms with Gasteiger partial charge in [0.2, 0.25) is 0 Å². The topological polar surface area (TPSA) is 44.8 Å². The second kappa shape index (κ2) is 16.7. The summed E-state index contributed by atoms with van der Waals surface area (Å²) < 4.78 is 15.6. The minimum absolute atomic E-state index is 0.195. The average molecular weight is 559 g/mol. The zero-order valence-electron chi connectivity index (χ0n) is 24.1. The van der Waals surface area contributed by atoms with Crippen LogP contribution in [0.2, 0.25) is 0 Å². The highest BCUT2D eigenvalue weighted by molar-refractivity contribution is 5.81. The fraction of sp³-hybridized carbons (Fsp3) is 0.289. The molecule has 4 heteroatoms. The van der Waals surface area contributed by atoms with Gasteiger partial charge in [0.1, 0.15) is 0 Å². The monoisotopic (exact) mass is 558 g/mol. The lowest BCUT2D eigenvalue weighted by Crippen LogP contribution is -2.20. The summed E-state index contributed by atoms with van der Waals surface area (Å²) in [6.45, 7) is 8.14. The van der Waals surface area contributed by atoms with E-state index in [1.165, 1.54) is 37.2 Å². The quantitative estimate of drug-likeness (QED) is 0.0608. The largest absolute Gasteiger partial charge is 0.476 e. The molecule has 3 aromatic rings. The molecule has 4 nitrogen and oxygen atoms in total. The van der Waals surface area contributed by atoms with Crippen LogP contribution in [0.25, 0.3) is 0 Å². The number of hydrogen-bond donors (Lipinski definition) is 0. The first-order valence-electron chi connectivity index (χ1n) is 14.5. The van der Waals surface area contributed by atoms with Gasteiger partial charge in [-0.3, -0.25) is 0 Å². The number of esters is 1. The molecule has 0 spiro atoms. The van der Waals surface area contributed by atoms with Crippen LogP contribution in [0.3, 0.4) is 0 Å². The number of ether oxygens (including phenoxy) is 3. The van der Waals surface area contributed by atoms with E-state index in [-0.39, 0.29) is 12.8 Å². The van der Waals surface area contributed by atoms with Crippen LogP contribution in [0.15, 0.2) is 98.3 Å². The van der Waals surface area contributed by atoms with Crippen molar-refractivity contribution in [3.63, 3.8) is 0 Å². The first-order chi connectivity index (χ1) is 20.6. The maximum absolute atomic E-state index is 11.3. The molecule has 0 radical (unpaired) electrons. The summed E-state index contributed by atoms with van der Waals surface area (Å²) >= 11 is 0. The van der Waals surface area contributed by atoms with E-state index >= 15 is 0 Å². The van der Waals surface area contributed by atoms with Crippen LogP contribution < -0.4 is 0 Å².